The molecule has 21 heavy (non-hydrogen) atoms. The van der Waals surface area contributed by atoms with Gasteiger partial charge in [0.05, 0.1) is 5.69 Å². The van der Waals surface area contributed by atoms with Crippen molar-refractivity contribution in [2.75, 3.05) is 4.90 Å². The summed E-state index contributed by atoms with van der Waals surface area (Å²) in [4.78, 5) is 6.41. The Morgan fingerprint density at radius 1 is 0.714 bits per heavy atom. The van der Waals surface area contributed by atoms with Gasteiger partial charge in [-0.25, -0.2) is 9.37 Å². The zero-order valence-electron chi connectivity index (χ0n) is 11.5. The third-order valence-electron chi connectivity index (χ3n) is 3.19. The van der Waals surface area contributed by atoms with Crippen molar-refractivity contribution in [1.29, 1.82) is 0 Å². The molecule has 0 spiro atoms. The molecule has 0 aliphatic heterocycles. The number of hydrogen-bond donors (Lipinski definition) is 0. The largest absolute Gasteiger partial charge is 0.295 e. The van der Waals surface area contributed by atoms with Gasteiger partial charge in [-0.2, -0.15) is 0 Å². The van der Waals surface area contributed by atoms with Crippen LogP contribution in [-0.2, 0) is 6.67 Å². The van der Waals surface area contributed by atoms with Crippen LogP contribution in [0.15, 0.2) is 78.9 Å². The maximum absolute atomic E-state index is 12.9. The first kappa shape index (κ1) is 13.3. The van der Waals surface area contributed by atoms with Gasteiger partial charge in [0.2, 0.25) is 0 Å². The lowest BCUT2D eigenvalue weighted by Crippen LogP contribution is -2.11. The molecule has 2 nitrogen and oxygen atoms in total. The molecule has 0 unspecified atom stereocenters. The zero-order valence-corrected chi connectivity index (χ0v) is 11.5. The molecule has 0 saturated carbocycles. The average molecular weight is 278 g/mol. The van der Waals surface area contributed by atoms with Crippen molar-refractivity contribution in [1.82, 2.24) is 4.98 Å². The highest BCUT2D eigenvalue weighted by atomic mass is 19.1. The quantitative estimate of drug-likeness (QED) is 0.666. The monoisotopic (exact) mass is 278 g/mol. The molecule has 3 aromatic rings. The Kier molecular flexibility index (Phi) is 3.92. The van der Waals surface area contributed by atoms with Gasteiger partial charge in [-0.15, -0.1) is 0 Å². The van der Waals surface area contributed by atoms with Crippen molar-refractivity contribution >= 4 is 17.2 Å². The van der Waals surface area contributed by atoms with Gasteiger partial charge in [0.25, 0.3) is 0 Å². The molecule has 3 heteroatoms. The number of rotatable bonds is 4. The predicted molar refractivity (Wildman–Crippen MR) is 83.7 cm³/mol. The summed E-state index contributed by atoms with van der Waals surface area (Å²) in [6.45, 7) is -0.564. The van der Waals surface area contributed by atoms with Crippen LogP contribution in [0.5, 0.6) is 0 Å². The maximum atomic E-state index is 12.9. The summed E-state index contributed by atoms with van der Waals surface area (Å²) >= 11 is 0. The second kappa shape index (κ2) is 6.18. The summed E-state index contributed by atoms with van der Waals surface area (Å²) in [5, 5.41) is 0. The van der Waals surface area contributed by atoms with Crippen LogP contribution in [0.25, 0.3) is 0 Å². The van der Waals surface area contributed by atoms with Crippen LogP contribution in [0.3, 0.4) is 0 Å². The van der Waals surface area contributed by atoms with Gasteiger partial charge in [-0.1, -0.05) is 42.5 Å². The van der Waals surface area contributed by atoms with Gasteiger partial charge in [-0.05, 0) is 36.4 Å². The van der Waals surface area contributed by atoms with Crippen LogP contribution in [0.2, 0.25) is 0 Å². The smallest absolute Gasteiger partial charge is 0.137 e. The number of benzene rings is 2. The summed E-state index contributed by atoms with van der Waals surface area (Å²) in [6, 6.07) is 25.3. The molecule has 0 amide bonds. The normalized spacial score (nSPS) is 10.3. The lowest BCUT2D eigenvalue weighted by Gasteiger charge is -2.24. The number of aromatic nitrogens is 1. The Hall–Kier alpha value is -2.68. The summed E-state index contributed by atoms with van der Waals surface area (Å²) < 4.78 is 12.9. The van der Waals surface area contributed by atoms with Crippen LogP contribution in [0.1, 0.15) is 5.69 Å². The first-order valence-corrected chi connectivity index (χ1v) is 6.80. The maximum Gasteiger partial charge on any atom is 0.137 e. The first-order valence-electron chi connectivity index (χ1n) is 6.80. The fourth-order valence-electron chi connectivity index (χ4n) is 2.23. The van der Waals surface area contributed by atoms with E-state index in [1.807, 2.05) is 77.7 Å². The van der Waals surface area contributed by atoms with Gasteiger partial charge in [0.1, 0.15) is 12.5 Å². The van der Waals surface area contributed by atoms with Crippen LogP contribution < -0.4 is 4.90 Å². The van der Waals surface area contributed by atoms with E-state index in [0.29, 0.717) is 11.5 Å². The van der Waals surface area contributed by atoms with Gasteiger partial charge in [0.15, 0.2) is 0 Å². The fourth-order valence-corrected chi connectivity index (χ4v) is 2.23. The Balaban J connectivity index is 2.12. The second-order valence-corrected chi connectivity index (χ2v) is 4.63. The minimum absolute atomic E-state index is 0.435. The fraction of sp³-hybridized carbons (Fsp3) is 0.0556. The highest BCUT2D eigenvalue weighted by Gasteiger charge is 2.13. The van der Waals surface area contributed by atoms with Gasteiger partial charge < -0.3 is 0 Å². The molecule has 0 bridgehead atoms. The van der Waals surface area contributed by atoms with Gasteiger partial charge in [-0.3, -0.25) is 4.90 Å². The standard InChI is InChI=1S/C18H15FN2/c19-14-15-8-7-13-18(20-15)21(16-9-3-1-4-10-16)17-11-5-2-6-12-17/h1-13H,14H2. The number of para-hydroxylation sites is 2. The van der Waals surface area contributed by atoms with E-state index in [-0.39, 0.29) is 0 Å². The third-order valence-corrected chi connectivity index (χ3v) is 3.19. The van der Waals surface area contributed by atoms with Gasteiger partial charge in [0, 0.05) is 11.4 Å². The van der Waals surface area contributed by atoms with E-state index < -0.39 is 6.67 Å². The number of nitrogens with zero attached hydrogens (tertiary/aromatic N) is 2. The van der Waals surface area contributed by atoms with E-state index in [4.69, 9.17) is 0 Å². The van der Waals surface area contributed by atoms with Crippen molar-refractivity contribution in [3.63, 3.8) is 0 Å². The molecule has 0 radical (unpaired) electrons. The number of anilines is 3. The van der Waals surface area contributed by atoms with E-state index >= 15 is 0 Å². The summed E-state index contributed by atoms with van der Waals surface area (Å²) in [6.07, 6.45) is 0. The van der Waals surface area contributed by atoms with Crippen LogP contribution in [0.4, 0.5) is 21.6 Å². The number of halogens is 1. The van der Waals surface area contributed by atoms with E-state index in [0.717, 1.165) is 11.4 Å². The molecule has 0 aliphatic carbocycles. The lowest BCUT2D eigenvalue weighted by molar-refractivity contribution is 0.476. The first-order chi connectivity index (χ1) is 10.4. The minimum atomic E-state index is -0.564. The molecule has 2 aromatic carbocycles. The summed E-state index contributed by atoms with van der Waals surface area (Å²) in [7, 11) is 0. The van der Waals surface area contributed by atoms with Crippen molar-refractivity contribution in [2.45, 2.75) is 6.67 Å². The molecule has 0 atom stereocenters. The van der Waals surface area contributed by atoms with E-state index in [9.17, 15) is 4.39 Å². The molecule has 0 fully saturated rings. The predicted octanol–water partition coefficient (Wildman–Crippen LogP) is 5.02. The number of pyridine rings is 1. The van der Waals surface area contributed by atoms with Crippen molar-refractivity contribution in [3.8, 4) is 0 Å². The molecular formula is C18H15FN2. The second-order valence-electron chi connectivity index (χ2n) is 4.63. The summed E-state index contributed by atoms with van der Waals surface area (Å²) in [5.41, 5.74) is 2.42. The van der Waals surface area contributed by atoms with Crippen LogP contribution in [-0.4, -0.2) is 4.98 Å². The van der Waals surface area contributed by atoms with Crippen molar-refractivity contribution < 1.29 is 4.39 Å². The number of alkyl halides is 1. The molecule has 104 valence electrons. The van der Waals surface area contributed by atoms with E-state index in [2.05, 4.69) is 4.98 Å². The SMILES string of the molecule is FCc1cccc(N(c2ccccc2)c2ccccc2)n1. The lowest BCUT2D eigenvalue weighted by atomic mass is 10.2. The average Bonchev–Trinajstić information content (AvgIpc) is 2.57. The highest BCUT2D eigenvalue weighted by molar-refractivity contribution is 5.74. The van der Waals surface area contributed by atoms with Crippen LogP contribution in [0, 0.1) is 0 Å². The number of hydrogen-bond acceptors (Lipinski definition) is 2. The van der Waals surface area contributed by atoms with Crippen molar-refractivity contribution in [2.24, 2.45) is 0 Å². The Morgan fingerprint density at radius 3 is 1.81 bits per heavy atom. The summed E-state index contributed by atoms with van der Waals surface area (Å²) in [5.74, 6) is 0.711. The Labute approximate surface area is 123 Å². The molecule has 3 rings (SSSR count). The molecule has 0 N–H and O–H groups in total. The highest BCUT2D eigenvalue weighted by Crippen LogP contribution is 2.32. The molecule has 0 saturated heterocycles. The topological polar surface area (TPSA) is 16.1 Å². The van der Waals surface area contributed by atoms with Gasteiger partial charge >= 0.3 is 0 Å². The van der Waals surface area contributed by atoms with E-state index in [1.54, 1.807) is 6.07 Å². The van der Waals surface area contributed by atoms with E-state index in [1.165, 1.54) is 0 Å². The Bertz CT molecular complexity index is 659. The van der Waals surface area contributed by atoms with Crippen LogP contribution >= 0.6 is 0 Å². The minimum Gasteiger partial charge on any atom is -0.295 e. The molecular weight excluding hydrogens is 263 g/mol. The zero-order chi connectivity index (χ0) is 14.5. The third kappa shape index (κ3) is 2.92. The molecule has 1 heterocycles. The molecule has 1 aromatic heterocycles. The molecule has 0 aliphatic rings. The van der Waals surface area contributed by atoms with Crippen molar-refractivity contribution in [3.05, 3.63) is 84.6 Å². The Morgan fingerprint density at radius 2 is 1.29 bits per heavy atom.